The number of sulfonamides is 1. The zero-order valence-electron chi connectivity index (χ0n) is 10.3. The third-order valence-corrected chi connectivity index (χ3v) is 5.19. The standard InChI is InChI=1S/C11H12ClN3O2S2/c1-7-6-14-11(18-7)8(2)15-19(16,17)9-3-4-13-10(12)5-9/h3-6,8,15H,1-2H3. The lowest BCUT2D eigenvalue weighted by Gasteiger charge is -2.11. The van der Waals surface area contributed by atoms with Crippen LogP contribution in [-0.4, -0.2) is 18.4 Å². The minimum absolute atomic E-state index is 0.0904. The Bertz CT molecular complexity index is 685. The molecule has 0 saturated carbocycles. The normalized spacial score (nSPS) is 13.4. The maximum atomic E-state index is 12.2. The van der Waals surface area contributed by atoms with Gasteiger partial charge in [0.05, 0.1) is 10.9 Å². The van der Waals surface area contributed by atoms with Crippen LogP contribution in [0.2, 0.25) is 5.15 Å². The van der Waals surface area contributed by atoms with Gasteiger partial charge in [0, 0.05) is 17.3 Å². The summed E-state index contributed by atoms with van der Waals surface area (Å²) in [5, 5.41) is 0.863. The zero-order valence-corrected chi connectivity index (χ0v) is 12.7. The average Bonchev–Trinajstić information content (AvgIpc) is 2.75. The molecule has 0 radical (unpaired) electrons. The van der Waals surface area contributed by atoms with E-state index in [9.17, 15) is 8.42 Å². The SMILES string of the molecule is Cc1cnc(C(C)NS(=O)(=O)c2ccnc(Cl)c2)s1. The van der Waals surface area contributed by atoms with Crippen molar-refractivity contribution in [2.45, 2.75) is 24.8 Å². The van der Waals surface area contributed by atoms with Gasteiger partial charge >= 0.3 is 0 Å². The molecule has 0 amide bonds. The van der Waals surface area contributed by atoms with E-state index in [0.29, 0.717) is 0 Å². The summed E-state index contributed by atoms with van der Waals surface area (Å²) in [6.07, 6.45) is 3.07. The van der Waals surface area contributed by atoms with Crippen LogP contribution in [0, 0.1) is 6.92 Å². The first kappa shape index (κ1) is 14.4. The van der Waals surface area contributed by atoms with Gasteiger partial charge in [-0.3, -0.25) is 0 Å². The van der Waals surface area contributed by atoms with Gasteiger partial charge in [0.25, 0.3) is 0 Å². The van der Waals surface area contributed by atoms with Gasteiger partial charge < -0.3 is 0 Å². The van der Waals surface area contributed by atoms with Crippen molar-refractivity contribution in [3.8, 4) is 0 Å². The van der Waals surface area contributed by atoms with E-state index in [0.717, 1.165) is 9.88 Å². The Morgan fingerprint density at radius 1 is 1.42 bits per heavy atom. The summed E-state index contributed by atoms with van der Waals surface area (Å²) in [6, 6.07) is 2.31. The van der Waals surface area contributed by atoms with Gasteiger partial charge in [-0.15, -0.1) is 11.3 Å². The summed E-state index contributed by atoms with van der Waals surface area (Å²) in [4.78, 5) is 9.05. The summed E-state index contributed by atoms with van der Waals surface area (Å²) >= 11 is 7.15. The van der Waals surface area contributed by atoms with Crippen molar-refractivity contribution >= 4 is 33.0 Å². The molecule has 1 atom stereocenters. The van der Waals surface area contributed by atoms with Crippen LogP contribution in [0.1, 0.15) is 22.9 Å². The monoisotopic (exact) mass is 317 g/mol. The second kappa shape index (κ2) is 5.54. The van der Waals surface area contributed by atoms with E-state index in [1.165, 1.54) is 29.7 Å². The van der Waals surface area contributed by atoms with E-state index >= 15 is 0 Å². The molecule has 1 N–H and O–H groups in total. The third kappa shape index (κ3) is 3.50. The number of halogens is 1. The molecule has 0 fully saturated rings. The van der Waals surface area contributed by atoms with Gasteiger partial charge in [-0.05, 0) is 26.0 Å². The fourth-order valence-electron chi connectivity index (χ4n) is 1.48. The molecule has 0 bridgehead atoms. The third-order valence-electron chi connectivity index (χ3n) is 2.35. The van der Waals surface area contributed by atoms with Crippen molar-refractivity contribution < 1.29 is 8.42 Å². The van der Waals surface area contributed by atoms with E-state index in [2.05, 4.69) is 14.7 Å². The Balaban J connectivity index is 2.22. The topological polar surface area (TPSA) is 72.0 Å². The molecule has 0 spiro atoms. The minimum Gasteiger partial charge on any atom is -0.248 e. The lowest BCUT2D eigenvalue weighted by Crippen LogP contribution is -2.26. The molecule has 102 valence electrons. The van der Waals surface area contributed by atoms with Crippen molar-refractivity contribution in [3.05, 3.63) is 39.6 Å². The highest BCUT2D eigenvalue weighted by atomic mass is 35.5. The van der Waals surface area contributed by atoms with E-state index in [1.54, 1.807) is 13.1 Å². The smallest absolute Gasteiger partial charge is 0.241 e. The van der Waals surface area contributed by atoms with Crippen LogP contribution in [0.3, 0.4) is 0 Å². The highest BCUT2D eigenvalue weighted by Crippen LogP contribution is 2.21. The van der Waals surface area contributed by atoms with Gasteiger partial charge in [-0.2, -0.15) is 0 Å². The van der Waals surface area contributed by atoms with E-state index in [1.807, 2.05) is 6.92 Å². The predicted octanol–water partition coefficient (Wildman–Crippen LogP) is 2.54. The molecule has 5 nitrogen and oxygen atoms in total. The highest BCUT2D eigenvalue weighted by molar-refractivity contribution is 7.89. The molecule has 0 aliphatic rings. The van der Waals surface area contributed by atoms with E-state index in [-0.39, 0.29) is 10.0 Å². The van der Waals surface area contributed by atoms with Crippen LogP contribution in [0.4, 0.5) is 0 Å². The summed E-state index contributed by atoms with van der Waals surface area (Å²) < 4.78 is 26.9. The molecule has 0 saturated heterocycles. The Kier molecular flexibility index (Phi) is 4.19. The van der Waals surface area contributed by atoms with Gasteiger partial charge in [0.2, 0.25) is 10.0 Å². The van der Waals surface area contributed by atoms with Gasteiger partial charge in [0.1, 0.15) is 10.2 Å². The lowest BCUT2D eigenvalue weighted by molar-refractivity contribution is 0.566. The molecular weight excluding hydrogens is 306 g/mol. The Labute approximate surface area is 120 Å². The molecule has 8 heteroatoms. The number of thiazole rings is 1. The van der Waals surface area contributed by atoms with Crippen molar-refractivity contribution in [3.63, 3.8) is 0 Å². The fourth-order valence-corrected chi connectivity index (χ4v) is 3.78. The first-order chi connectivity index (χ1) is 8.88. The van der Waals surface area contributed by atoms with Crippen molar-refractivity contribution in [2.24, 2.45) is 0 Å². The summed E-state index contributed by atoms with van der Waals surface area (Å²) in [5.74, 6) is 0. The molecule has 0 aliphatic carbocycles. The Morgan fingerprint density at radius 2 is 2.16 bits per heavy atom. The zero-order chi connectivity index (χ0) is 14.0. The summed E-state index contributed by atoms with van der Waals surface area (Å²) in [6.45, 7) is 3.67. The summed E-state index contributed by atoms with van der Waals surface area (Å²) in [5.41, 5.74) is 0. The molecule has 1 unspecified atom stereocenters. The summed E-state index contributed by atoms with van der Waals surface area (Å²) in [7, 11) is -3.63. The quantitative estimate of drug-likeness (QED) is 0.880. The highest BCUT2D eigenvalue weighted by Gasteiger charge is 2.20. The lowest BCUT2D eigenvalue weighted by atomic mass is 10.4. The number of pyridine rings is 1. The fraction of sp³-hybridized carbons (Fsp3) is 0.273. The van der Waals surface area contributed by atoms with E-state index < -0.39 is 16.1 Å². The number of aryl methyl sites for hydroxylation is 1. The number of nitrogens with zero attached hydrogens (tertiary/aromatic N) is 2. The van der Waals surface area contributed by atoms with Crippen molar-refractivity contribution in [1.29, 1.82) is 0 Å². The Morgan fingerprint density at radius 3 is 2.74 bits per heavy atom. The van der Waals surface area contributed by atoms with Crippen molar-refractivity contribution in [1.82, 2.24) is 14.7 Å². The second-order valence-electron chi connectivity index (χ2n) is 3.97. The number of nitrogens with one attached hydrogen (secondary N) is 1. The number of rotatable bonds is 4. The number of aromatic nitrogens is 2. The molecule has 2 aromatic heterocycles. The molecular formula is C11H12ClN3O2S2. The van der Waals surface area contributed by atoms with Gasteiger partial charge in [-0.1, -0.05) is 11.6 Å². The van der Waals surface area contributed by atoms with Crippen LogP contribution in [0.25, 0.3) is 0 Å². The maximum absolute atomic E-state index is 12.2. The molecule has 0 aromatic carbocycles. The number of hydrogen-bond acceptors (Lipinski definition) is 5. The average molecular weight is 318 g/mol. The van der Waals surface area contributed by atoms with E-state index in [4.69, 9.17) is 11.6 Å². The van der Waals surface area contributed by atoms with Crippen molar-refractivity contribution in [2.75, 3.05) is 0 Å². The van der Waals surface area contributed by atoms with Crippen LogP contribution in [0.5, 0.6) is 0 Å². The van der Waals surface area contributed by atoms with Crippen LogP contribution < -0.4 is 4.72 Å². The van der Waals surface area contributed by atoms with Crippen LogP contribution in [0.15, 0.2) is 29.4 Å². The molecule has 2 heterocycles. The predicted molar refractivity (Wildman–Crippen MR) is 74.8 cm³/mol. The molecule has 19 heavy (non-hydrogen) atoms. The van der Waals surface area contributed by atoms with Gasteiger partial charge in [-0.25, -0.2) is 23.1 Å². The van der Waals surface area contributed by atoms with Gasteiger partial charge in [0.15, 0.2) is 0 Å². The maximum Gasteiger partial charge on any atom is 0.241 e. The minimum atomic E-state index is -3.63. The first-order valence-corrected chi connectivity index (χ1v) is 8.12. The molecule has 0 aliphatic heterocycles. The largest absolute Gasteiger partial charge is 0.248 e. The first-order valence-electron chi connectivity index (χ1n) is 5.45. The van der Waals surface area contributed by atoms with Crippen LogP contribution in [-0.2, 0) is 10.0 Å². The van der Waals surface area contributed by atoms with Crippen LogP contribution >= 0.6 is 22.9 Å². The molecule has 2 rings (SSSR count). The Hall–Kier alpha value is -1.02. The molecule has 2 aromatic rings. The second-order valence-corrected chi connectivity index (χ2v) is 7.33. The number of hydrogen-bond donors (Lipinski definition) is 1.